The summed E-state index contributed by atoms with van der Waals surface area (Å²) in [4.78, 5) is 27.3. The van der Waals surface area contributed by atoms with Crippen LogP contribution in [0, 0.1) is 5.92 Å². The summed E-state index contributed by atoms with van der Waals surface area (Å²) in [7, 11) is 3.22. The largest absolute Gasteiger partial charge is 0.497 e. The molecule has 2 aliphatic heterocycles. The summed E-state index contributed by atoms with van der Waals surface area (Å²) in [5.41, 5.74) is 1.14. The number of Topliss-reactive ketones (excluding diaryl/α,β-unsaturated/α-hetero) is 1. The van der Waals surface area contributed by atoms with Crippen molar-refractivity contribution in [2.75, 3.05) is 14.2 Å². The predicted molar refractivity (Wildman–Crippen MR) is 87.6 cm³/mol. The van der Waals surface area contributed by atoms with Gasteiger partial charge in [-0.05, 0) is 37.0 Å². The number of halogens is 1. The van der Waals surface area contributed by atoms with Gasteiger partial charge < -0.3 is 14.4 Å². The first-order valence-electron chi connectivity index (χ1n) is 8.51. The molecule has 4 atom stereocenters. The first kappa shape index (κ1) is 16.1. The minimum Gasteiger partial charge on any atom is -0.497 e. The Balaban J connectivity index is 1.77. The molecule has 4 rings (SSSR count). The summed E-state index contributed by atoms with van der Waals surface area (Å²) in [5.74, 6) is -0.166. The lowest BCUT2D eigenvalue weighted by Gasteiger charge is -2.36. The first-order chi connectivity index (χ1) is 12.0. The van der Waals surface area contributed by atoms with Crippen LogP contribution in [0.3, 0.4) is 0 Å². The summed E-state index contributed by atoms with van der Waals surface area (Å²) in [6, 6.07) is 6.76. The van der Waals surface area contributed by atoms with Gasteiger partial charge in [-0.3, -0.25) is 9.59 Å². The van der Waals surface area contributed by atoms with Crippen LogP contribution in [0.2, 0.25) is 0 Å². The van der Waals surface area contributed by atoms with E-state index in [0.717, 1.165) is 5.56 Å². The van der Waals surface area contributed by atoms with E-state index in [-0.39, 0.29) is 30.0 Å². The van der Waals surface area contributed by atoms with E-state index in [1.807, 2.05) is 18.2 Å². The minimum absolute atomic E-state index is 0.138. The molecule has 0 aromatic heterocycles. The van der Waals surface area contributed by atoms with E-state index in [2.05, 4.69) is 0 Å². The molecule has 5 nitrogen and oxygen atoms in total. The molecule has 0 saturated heterocycles. The van der Waals surface area contributed by atoms with E-state index >= 15 is 0 Å². The SMILES string of the molecule is COc1cccc(C2C3=C(OC4CCC(F)CC4C3=O)C(=O)N2C)c1. The Morgan fingerprint density at radius 1 is 1.28 bits per heavy atom. The van der Waals surface area contributed by atoms with Crippen LogP contribution in [-0.4, -0.2) is 43.0 Å². The number of methoxy groups -OCH3 is 1. The second-order valence-electron chi connectivity index (χ2n) is 6.88. The summed E-state index contributed by atoms with van der Waals surface area (Å²) in [6.07, 6.45) is -0.362. The molecule has 1 aliphatic carbocycles. The molecule has 1 saturated carbocycles. The molecule has 3 aliphatic rings. The van der Waals surface area contributed by atoms with E-state index in [4.69, 9.17) is 9.47 Å². The van der Waals surface area contributed by atoms with Crippen molar-refractivity contribution in [2.24, 2.45) is 5.92 Å². The van der Waals surface area contributed by atoms with Crippen molar-refractivity contribution < 1.29 is 23.5 Å². The smallest absolute Gasteiger partial charge is 0.289 e. The Kier molecular flexibility index (Phi) is 3.78. The van der Waals surface area contributed by atoms with Gasteiger partial charge in [0.1, 0.15) is 18.0 Å². The lowest BCUT2D eigenvalue weighted by Crippen LogP contribution is -2.42. The molecule has 0 spiro atoms. The lowest BCUT2D eigenvalue weighted by atomic mass is 9.77. The Labute approximate surface area is 145 Å². The van der Waals surface area contributed by atoms with Gasteiger partial charge in [0.15, 0.2) is 11.5 Å². The highest BCUT2D eigenvalue weighted by atomic mass is 19.1. The summed E-state index contributed by atoms with van der Waals surface area (Å²) in [6.45, 7) is 0. The van der Waals surface area contributed by atoms with Crippen molar-refractivity contribution in [3.63, 3.8) is 0 Å². The molecule has 132 valence electrons. The Hall–Kier alpha value is -2.37. The fourth-order valence-corrected chi connectivity index (χ4v) is 4.13. The normalized spacial score (nSPS) is 31.6. The van der Waals surface area contributed by atoms with Crippen molar-refractivity contribution >= 4 is 11.7 Å². The van der Waals surface area contributed by atoms with Gasteiger partial charge in [-0.15, -0.1) is 0 Å². The van der Waals surface area contributed by atoms with Gasteiger partial charge in [-0.25, -0.2) is 4.39 Å². The maximum atomic E-state index is 13.8. The van der Waals surface area contributed by atoms with Gasteiger partial charge in [0.05, 0.1) is 24.6 Å². The molecule has 6 heteroatoms. The number of ether oxygens (including phenoxy) is 2. The van der Waals surface area contributed by atoms with E-state index in [1.54, 1.807) is 20.2 Å². The van der Waals surface area contributed by atoms with Crippen molar-refractivity contribution in [1.29, 1.82) is 0 Å². The van der Waals surface area contributed by atoms with E-state index in [1.165, 1.54) is 4.90 Å². The van der Waals surface area contributed by atoms with E-state index in [9.17, 15) is 14.0 Å². The van der Waals surface area contributed by atoms with Crippen LogP contribution in [0.15, 0.2) is 35.6 Å². The standard InChI is InChI=1S/C19H20FNO4/c1-21-16(10-4-3-5-12(8-10)24-2)15-17(22)13-9-11(20)6-7-14(13)25-18(15)19(21)23/h3-5,8,11,13-14,16H,6-7,9H2,1-2H3. The van der Waals surface area contributed by atoms with Crippen molar-refractivity contribution in [3.8, 4) is 5.75 Å². The number of likely N-dealkylation sites (N-methyl/N-ethyl adjacent to an activating group) is 1. The van der Waals surface area contributed by atoms with Crippen molar-refractivity contribution in [1.82, 2.24) is 4.90 Å². The highest BCUT2D eigenvalue weighted by Gasteiger charge is 2.52. The zero-order valence-electron chi connectivity index (χ0n) is 14.2. The summed E-state index contributed by atoms with van der Waals surface area (Å²) in [5, 5.41) is 0. The number of benzene rings is 1. The molecule has 0 radical (unpaired) electrons. The maximum absolute atomic E-state index is 13.8. The van der Waals surface area contributed by atoms with Crippen molar-refractivity contribution in [2.45, 2.75) is 37.6 Å². The van der Waals surface area contributed by atoms with Crippen LogP contribution in [0.25, 0.3) is 0 Å². The van der Waals surface area contributed by atoms with Crippen LogP contribution in [0.1, 0.15) is 30.9 Å². The molecule has 0 N–H and O–H groups in total. The van der Waals surface area contributed by atoms with Crippen LogP contribution in [0.5, 0.6) is 5.75 Å². The van der Waals surface area contributed by atoms with Crippen LogP contribution >= 0.6 is 0 Å². The third kappa shape index (κ3) is 2.42. The van der Waals surface area contributed by atoms with Gasteiger partial charge >= 0.3 is 0 Å². The Morgan fingerprint density at radius 2 is 2.08 bits per heavy atom. The van der Waals surface area contributed by atoms with Crippen molar-refractivity contribution in [3.05, 3.63) is 41.2 Å². The third-order valence-electron chi connectivity index (χ3n) is 5.42. The molecule has 1 aromatic rings. The summed E-state index contributed by atoms with van der Waals surface area (Å²) < 4.78 is 25.0. The third-order valence-corrected chi connectivity index (χ3v) is 5.42. The van der Waals surface area contributed by atoms with Gasteiger partial charge in [0.25, 0.3) is 5.91 Å². The average Bonchev–Trinajstić information content (AvgIpc) is 2.87. The topological polar surface area (TPSA) is 55.8 Å². The number of fused-ring (bicyclic) bond motifs is 1. The van der Waals surface area contributed by atoms with Gasteiger partial charge in [0.2, 0.25) is 0 Å². The van der Waals surface area contributed by atoms with Gasteiger partial charge in [-0.1, -0.05) is 12.1 Å². The van der Waals surface area contributed by atoms with Gasteiger partial charge in [0, 0.05) is 7.05 Å². The quantitative estimate of drug-likeness (QED) is 0.827. The molecular weight excluding hydrogens is 325 g/mol. The number of alkyl halides is 1. The monoisotopic (exact) mass is 345 g/mol. The van der Waals surface area contributed by atoms with E-state index < -0.39 is 18.1 Å². The Morgan fingerprint density at radius 3 is 2.84 bits per heavy atom. The molecule has 1 amide bonds. The highest BCUT2D eigenvalue weighted by Crippen LogP contribution is 2.46. The van der Waals surface area contributed by atoms with E-state index in [0.29, 0.717) is 24.2 Å². The molecule has 1 aromatic carbocycles. The summed E-state index contributed by atoms with van der Waals surface area (Å²) >= 11 is 0. The molecule has 0 bridgehead atoms. The molecule has 2 heterocycles. The molecule has 1 fully saturated rings. The van der Waals surface area contributed by atoms with Crippen LogP contribution in [-0.2, 0) is 14.3 Å². The van der Waals surface area contributed by atoms with Crippen LogP contribution in [0.4, 0.5) is 4.39 Å². The second-order valence-corrected chi connectivity index (χ2v) is 6.88. The first-order valence-corrected chi connectivity index (χ1v) is 8.51. The average molecular weight is 345 g/mol. The minimum atomic E-state index is -0.985. The predicted octanol–water partition coefficient (Wildman–Crippen LogP) is 2.57. The maximum Gasteiger partial charge on any atom is 0.289 e. The number of carbonyl (C=O) groups excluding carboxylic acids is 2. The zero-order valence-corrected chi connectivity index (χ0v) is 14.2. The second kappa shape index (κ2) is 5.86. The van der Waals surface area contributed by atoms with Gasteiger partial charge in [-0.2, -0.15) is 0 Å². The number of hydrogen-bond acceptors (Lipinski definition) is 4. The Bertz CT molecular complexity index is 774. The molecule has 4 unspecified atom stereocenters. The lowest BCUT2D eigenvalue weighted by molar-refractivity contribution is -0.135. The fraction of sp³-hybridized carbons (Fsp3) is 0.474. The highest BCUT2D eigenvalue weighted by molar-refractivity contribution is 6.11. The number of carbonyl (C=O) groups is 2. The number of amides is 1. The molecular formula is C19H20FNO4. The number of rotatable bonds is 2. The zero-order chi connectivity index (χ0) is 17.7. The number of nitrogens with zero attached hydrogens (tertiary/aromatic N) is 1. The molecule has 25 heavy (non-hydrogen) atoms. The number of ketones is 1. The number of hydrogen-bond donors (Lipinski definition) is 0. The van der Waals surface area contributed by atoms with Crippen LogP contribution < -0.4 is 4.74 Å². The fourth-order valence-electron chi connectivity index (χ4n) is 4.13.